The van der Waals surface area contributed by atoms with Crippen molar-refractivity contribution >= 4 is 10.2 Å². The van der Waals surface area contributed by atoms with Crippen LogP contribution < -0.4 is 5.14 Å². The van der Waals surface area contributed by atoms with Gasteiger partial charge in [0.15, 0.2) is 0 Å². The van der Waals surface area contributed by atoms with Crippen LogP contribution >= 0.6 is 0 Å². The highest BCUT2D eigenvalue weighted by molar-refractivity contribution is 7.86. The topological polar surface area (TPSA) is 94.1 Å². The van der Waals surface area contributed by atoms with E-state index in [-0.39, 0.29) is 6.54 Å². The van der Waals surface area contributed by atoms with Crippen LogP contribution in [0.4, 0.5) is 0 Å². The number of hydrogen-bond acceptors (Lipinski definition) is 4. The molecule has 0 atom stereocenters. The van der Waals surface area contributed by atoms with Crippen LogP contribution in [0.3, 0.4) is 0 Å². The Morgan fingerprint density at radius 2 is 2.14 bits per heavy atom. The predicted octanol–water partition coefficient (Wildman–Crippen LogP) is -1.39. The first-order valence-electron chi connectivity index (χ1n) is 4.15. The van der Waals surface area contributed by atoms with Gasteiger partial charge in [-0.25, -0.2) is 14.8 Å². The van der Waals surface area contributed by atoms with Crippen LogP contribution in [0.25, 0.3) is 0 Å². The Bertz CT molecular complexity index is 451. The van der Waals surface area contributed by atoms with Crippen molar-refractivity contribution in [1.29, 1.82) is 0 Å². The third kappa shape index (κ3) is 1.63. The second-order valence-corrected chi connectivity index (χ2v) is 4.72. The zero-order chi connectivity index (χ0) is 10.3. The van der Waals surface area contributed by atoms with Crippen LogP contribution in [0.2, 0.25) is 0 Å². The molecule has 1 aromatic heterocycles. The van der Waals surface area contributed by atoms with Gasteiger partial charge >= 0.3 is 0 Å². The van der Waals surface area contributed by atoms with Gasteiger partial charge in [-0.05, 0) is 6.92 Å². The molecule has 14 heavy (non-hydrogen) atoms. The number of aryl methyl sites for hydroxylation is 1. The molecule has 2 heterocycles. The smallest absolute Gasteiger partial charge is 0.247 e. The van der Waals surface area contributed by atoms with Gasteiger partial charge in [-0.2, -0.15) is 17.8 Å². The molecule has 1 aliphatic heterocycles. The molecule has 78 valence electrons. The van der Waals surface area contributed by atoms with Gasteiger partial charge in [0, 0.05) is 6.54 Å². The van der Waals surface area contributed by atoms with Crippen molar-refractivity contribution < 1.29 is 8.42 Å². The average Bonchev–Trinajstić information content (AvgIpc) is 2.41. The maximum atomic E-state index is 11.0. The van der Waals surface area contributed by atoms with Crippen LogP contribution in [0, 0.1) is 6.92 Å². The zero-order valence-electron chi connectivity index (χ0n) is 7.71. The molecule has 0 saturated heterocycles. The minimum Gasteiger partial charge on any atom is -0.247 e. The average molecular weight is 217 g/mol. The fraction of sp³-hybridized carbons (Fsp3) is 0.667. The van der Waals surface area contributed by atoms with Crippen LogP contribution in [-0.2, 0) is 23.3 Å². The van der Waals surface area contributed by atoms with E-state index in [4.69, 9.17) is 5.14 Å². The van der Waals surface area contributed by atoms with Crippen LogP contribution in [0.15, 0.2) is 0 Å². The molecule has 0 aromatic carbocycles. The molecule has 0 fully saturated rings. The van der Waals surface area contributed by atoms with Crippen LogP contribution in [-0.4, -0.2) is 34.0 Å². The highest BCUT2D eigenvalue weighted by atomic mass is 32.2. The molecule has 0 radical (unpaired) electrons. The van der Waals surface area contributed by atoms with Gasteiger partial charge in [0.05, 0.1) is 13.1 Å². The summed E-state index contributed by atoms with van der Waals surface area (Å²) in [6.07, 6.45) is 0. The lowest BCUT2D eigenvalue weighted by Crippen LogP contribution is -2.42. The summed E-state index contributed by atoms with van der Waals surface area (Å²) in [5.74, 6) is 1.29. The summed E-state index contributed by atoms with van der Waals surface area (Å²) in [6.45, 7) is 2.84. The highest BCUT2D eigenvalue weighted by Gasteiger charge is 2.25. The van der Waals surface area contributed by atoms with Gasteiger partial charge in [0.1, 0.15) is 11.6 Å². The molecule has 0 spiro atoms. The fourth-order valence-corrected chi connectivity index (χ4v) is 2.09. The molecule has 1 aliphatic rings. The molecule has 0 aliphatic carbocycles. The Morgan fingerprint density at radius 3 is 2.79 bits per heavy atom. The minimum absolute atomic E-state index is 0.208. The molecule has 7 nitrogen and oxygen atoms in total. The normalized spacial score (nSPS) is 18.1. The summed E-state index contributed by atoms with van der Waals surface area (Å²) in [6, 6.07) is 0. The van der Waals surface area contributed by atoms with Crippen LogP contribution in [0.1, 0.15) is 11.6 Å². The fourth-order valence-electron chi connectivity index (χ4n) is 1.46. The molecular formula is C6H11N5O2S. The number of nitrogens with zero attached hydrogens (tertiary/aromatic N) is 4. The maximum absolute atomic E-state index is 11.0. The summed E-state index contributed by atoms with van der Waals surface area (Å²) in [4.78, 5) is 4.11. The summed E-state index contributed by atoms with van der Waals surface area (Å²) in [7, 11) is -3.61. The molecular weight excluding hydrogens is 206 g/mol. The van der Waals surface area contributed by atoms with Crippen LogP contribution in [0.5, 0.6) is 0 Å². The van der Waals surface area contributed by atoms with E-state index in [1.165, 1.54) is 4.31 Å². The maximum Gasteiger partial charge on any atom is 0.277 e. The van der Waals surface area contributed by atoms with E-state index in [1.54, 1.807) is 11.6 Å². The summed E-state index contributed by atoms with van der Waals surface area (Å²) < 4.78 is 25.0. The molecule has 8 heteroatoms. The Hall–Kier alpha value is -0.990. The van der Waals surface area contributed by atoms with E-state index in [2.05, 4.69) is 10.1 Å². The molecule has 0 saturated carbocycles. The molecule has 0 amide bonds. The quantitative estimate of drug-likeness (QED) is 0.626. The van der Waals surface area contributed by atoms with Gasteiger partial charge in [0.2, 0.25) is 0 Å². The lowest BCUT2D eigenvalue weighted by molar-refractivity contribution is 0.322. The standard InChI is InChI=1S/C6H11N5O2S/c1-5-8-6-4-10(14(7,12)13)2-3-11(6)9-5/h2-4H2,1H3,(H2,7,12,13). The van der Waals surface area contributed by atoms with Gasteiger partial charge in [-0.3, -0.25) is 0 Å². The second-order valence-electron chi connectivity index (χ2n) is 3.18. The zero-order valence-corrected chi connectivity index (χ0v) is 8.53. The van der Waals surface area contributed by atoms with Gasteiger partial charge in [-0.1, -0.05) is 0 Å². The summed E-state index contributed by atoms with van der Waals surface area (Å²) in [5.41, 5.74) is 0. The van der Waals surface area contributed by atoms with Crippen molar-refractivity contribution in [2.45, 2.75) is 20.0 Å². The lowest BCUT2D eigenvalue weighted by atomic mass is 10.4. The van der Waals surface area contributed by atoms with E-state index in [1.807, 2.05) is 0 Å². The summed E-state index contributed by atoms with van der Waals surface area (Å²) >= 11 is 0. The third-order valence-electron chi connectivity index (χ3n) is 2.09. The first-order valence-corrected chi connectivity index (χ1v) is 5.65. The molecule has 0 bridgehead atoms. The first kappa shape index (κ1) is 9.56. The number of hydrogen-bond donors (Lipinski definition) is 1. The number of rotatable bonds is 1. The molecule has 2 N–H and O–H groups in total. The Morgan fingerprint density at radius 1 is 1.43 bits per heavy atom. The van der Waals surface area contributed by atoms with Crippen molar-refractivity contribution in [3.8, 4) is 0 Å². The summed E-state index contributed by atoms with van der Waals surface area (Å²) in [5, 5.41) is 9.13. The van der Waals surface area contributed by atoms with Gasteiger partial charge < -0.3 is 0 Å². The van der Waals surface area contributed by atoms with Gasteiger partial charge in [0.25, 0.3) is 10.2 Å². The minimum atomic E-state index is -3.61. The highest BCUT2D eigenvalue weighted by Crippen LogP contribution is 2.11. The molecule has 2 rings (SSSR count). The van der Waals surface area contributed by atoms with E-state index in [9.17, 15) is 8.42 Å². The molecule has 1 aromatic rings. The lowest BCUT2D eigenvalue weighted by Gasteiger charge is -2.23. The van der Waals surface area contributed by atoms with Crippen molar-refractivity contribution in [3.05, 3.63) is 11.6 Å². The van der Waals surface area contributed by atoms with Crippen molar-refractivity contribution in [1.82, 2.24) is 19.1 Å². The monoisotopic (exact) mass is 217 g/mol. The van der Waals surface area contributed by atoms with Crippen molar-refractivity contribution in [2.75, 3.05) is 6.54 Å². The first-order chi connectivity index (χ1) is 6.47. The third-order valence-corrected chi connectivity index (χ3v) is 3.12. The predicted molar refractivity (Wildman–Crippen MR) is 48.3 cm³/mol. The Kier molecular flexibility index (Phi) is 2.05. The Labute approximate surface area is 81.7 Å². The van der Waals surface area contributed by atoms with E-state index in [0.717, 1.165) is 0 Å². The largest absolute Gasteiger partial charge is 0.277 e. The second kappa shape index (κ2) is 3.01. The number of nitrogens with two attached hydrogens (primary N) is 1. The van der Waals surface area contributed by atoms with E-state index < -0.39 is 10.2 Å². The Balaban J connectivity index is 2.30. The number of aromatic nitrogens is 3. The SMILES string of the molecule is Cc1nc2n(n1)CCN(S(N)(=O)=O)C2. The van der Waals surface area contributed by atoms with Crippen molar-refractivity contribution in [2.24, 2.45) is 5.14 Å². The molecule has 0 unspecified atom stereocenters. The number of fused-ring (bicyclic) bond motifs is 1. The van der Waals surface area contributed by atoms with E-state index >= 15 is 0 Å². The van der Waals surface area contributed by atoms with E-state index in [0.29, 0.717) is 24.7 Å². The van der Waals surface area contributed by atoms with Gasteiger partial charge in [-0.15, -0.1) is 0 Å². The van der Waals surface area contributed by atoms with Crippen molar-refractivity contribution in [3.63, 3.8) is 0 Å².